The highest BCUT2D eigenvalue weighted by atomic mass is 16.7. The van der Waals surface area contributed by atoms with Crippen LogP contribution in [0.15, 0.2) is 18.2 Å². The van der Waals surface area contributed by atoms with Crippen LogP contribution in [-0.2, 0) is 4.79 Å². The number of benzene rings is 1. The van der Waals surface area contributed by atoms with Gasteiger partial charge in [-0.15, -0.1) is 0 Å². The third kappa shape index (κ3) is 2.73. The smallest absolute Gasteiger partial charge is 0.238 e. The Kier molecular flexibility index (Phi) is 4.04. The van der Waals surface area contributed by atoms with E-state index in [-0.39, 0.29) is 12.7 Å². The zero-order valence-corrected chi connectivity index (χ0v) is 10.7. The first kappa shape index (κ1) is 12.7. The number of hydrogen-bond donors (Lipinski definition) is 1. The molecular formula is C13H18N2O3. The van der Waals surface area contributed by atoms with Crippen LogP contribution in [0.3, 0.4) is 0 Å². The lowest BCUT2D eigenvalue weighted by Gasteiger charge is -2.17. The maximum Gasteiger partial charge on any atom is 0.238 e. The molecule has 18 heavy (non-hydrogen) atoms. The highest BCUT2D eigenvalue weighted by molar-refractivity contribution is 5.94. The average molecular weight is 250 g/mol. The molecule has 5 heteroatoms. The van der Waals surface area contributed by atoms with Crippen LogP contribution in [0, 0.1) is 0 Å². The lowest BCUT2D eigenvalue weighted by atomic mass is 10.2. The highest BCUT2D eigenvalue weighted by Gasteiger charge is 2.18. The molecule has 1 aromatic carbocycles. The van der Waals surface area contributed by atoms with E-state index in [4.69, 9.17) is 9.47 Å². The first-order valence-electron chi connectivity index (χ1n) is 6.15. The topological polar surface area (TPSA) is 50.8 Å². The van der Waals surface area contributed by atoms with E-state index in [1.165, 1.54) is 0 Å². The van der Waals surface area contributed by atoms with Crippen molar-refractivity contribution in [3.8, 4) is 11.5 Å². The molecule has 0 unspecified atom stereocenters. The summed E-state index contributed by atoms with van der Waals surface area (Å²) in [5.74, 6) is 1.25. The number of likely N-dealkylation sites (N-methyl/N-ethyl adjacent to an activating group) is 1. The molecule has 0 aliphatic carbocycles. The molecule has 0 radical (unpaired) electrons. The number of nitrogens with one attached hydrogen (secondary N) is 1. The first-order chi connectivity index (χ1) is 8.74. The minimum absolute atomic E-state index is 0.0393. The summed E-state index contributed by atoms with van der Waals surface area (Å²) in [7, 11) is 0. The van der Waals surface area contributed by atoms with Crippen molar-refractivity contribution in [2.24, 2.45) is 0 Å². The van der Waals surface area contributed by atoms with E-state index in [0.29, 0.717) is 23.7 Å². The molecule has 2 rings (SSSR count). The molecule has 98 valence electrons. The summed E-state index contributed by atoms with van der Waals surface area (Å²) in [6, 6.07) is 5.47. The fraction of sp³-hybridized carbons (Fsp3) is 0.462. The van der Waals surface area contributed by atoms with Crippen molar-refractivity contribution < 1.29 is 14.3 Å². The largest absolute Gasteiger partial charge is 0.454 e. The van der Waals surface area contributed by atoms with Gasteiger partial charge >= 0.3 is 0 Å². The zero-order valence-electron chi connectivity index (χ0n) is 10.7. The summed E-state index contributed by atoms with van der Waals surface area (Å²) in [5, 5.41) is 2.86. The molecule has 0 bridgehead atoms. The average Bonchev–Trinajstić information content (AvgIpc) is 2.85. The van der Waals surface area contributed by atoms with Gasteiger partial charge in [0, 0.05) is 0 Å². The minimum Gasteiger partial charge on any atom is -0.454 e. The summed E-state index contributed by atoms with van der Waals surface area (Å²) in [6.07, 6.45) is 0. The van der Waals surface area contributed by atoms with Crippen molar-refractivity contribution in [3.05, 3.63) is 18.2 Å². The molecule has 0 spiro atoms. The van der Waals surface area contributed by atoms with Crippen LogP contribution < -0.4 is 14.8 Å². The normalized spacial score (nSPS) is 12.8. The van der Waals surface area contributed by atoms with Crippen molar-refractivity contribution in [1.82, 2.24) is 4.90 Å². The maximum absolute atomic E-state index is 11.9. The third-order valence-electron chi connectivity index (χ3n) is 2.93. The number of carbonyl (C=O) groups is 1. The SMILES string of the molecule is CCN(CC)CC(=O)Nc1cccc2c1OCO2. The maximum atomic E-state index is 11.9. The van der Waals surface area contributed by atoms with Crippen LogP contribution in [0.2, 0.25) is 0 Å². The number of amides is 1. The number of anilines is 1. The monoisotopic (exact) mass is 250 g/mol. The Morgan fingerprint density at radius 2 is 2.11 bits per heavy atom. The number of carbonyl (C=O) groups excluding carboxylic acids is 1. The van der Waals surface area contributed by atoms with Gasteiger partial charge < -0.3 is 14.8 Å². The van der Waals surface area contributed by atoms with E-state index in [2.05, 4.69) is 10.2 Å². The molecule has 1 aromatic rings. The fourth-order valence-electron chi connectivity index (χ4n) is 1.87. The Labute approximate surface area is 107 Å². The Morgan fingerprint density at radius 1 is 1.33 bits per heavy atom. The van der Waals surface area contributed by atoms with Crippen molar-refractivity contribution in [2.75, 3.05) is 31.7 Å². The summed E-state index contributed by atoms with van der Waals surface area (Å²) in [6.45, 7) is 6.38. The number of para-hydroxylation sites is 1. The second-order valence-corrected chi connectivity index (χ2v) is 4.05. The molecular weight excluding hydrogens is 232 g/mol. The second kappa shape index (κ2) is 5.73. The Morgan fingerprint density at radius 3 is 2.83 bits per heavy atom. The Balaban J connectivity index is 2.01. The van der Waals surface area contributed by atoms with E-state index >= 15 is 0 Å². The standard InChI is InChI=1S/C13H18N2O3/c1-3-15(4-2)8-12(16)14-10-6-5-7-11-13(10)18-9-17-11/h5-7H,3-4,8-9H2,1-2H3,(H,14,16). The van der Waals surface area contributed by atoms with E-state index in [0.717, 1.165) is 13.1 Å². The van der Waals surface area contributed by atoms with Gasteiger partial charge in [-0.05, 0) is 25.2 Å². The fourth-order valence-corrected chi connectivity index (χ4v) is 1.87. The van der Waals surface area contributed by atoms with Gasteiger partial charge in [-0.25, -0.2) is 0 Å². The molecule has 1 amide bonds. The van der Waals surface area contributed by atoms with Crippen LogP contribution in [0.1, 0.15) is 13.8 Å². The van der Waals surface area contributed by atoms with Crippen LogP contribution in [0.4, 0.5) is 5.69 Å². The van der Waals surface area contributed by atoms with E-state index in [9.17, 15) is 4.79 Å². The van der Waals surface area contributed by atoms with Gasteiger partial charge in [-0.1, -0.05) is 19.9 Å². The minimum atomic E-state index is -0.0393. The quantitative estimate of drug-likeness (QED) is 0.864. The van der Waals surface area contributed by atoms with Gasteiger partial charge in [0.2, 0.25) is 12.7 Å². The van der Waals surface area contributed by atoms with E-state index < -0.39 is 0 Å². The molecule has 0 saturated heterocycles. The van der Waals surface area contributed by atoms with Crippen LogP contribution in [0.25, 0.3) is 0 Å². The molecule has 0 saturated carbocycles. The number of rotatable bonds is 5. The predicted octanol–water partition coefficient (Wildman–Crippen LogP) is 1.70. The van der Waals surface area contributed by atoms with Crippen molar-refractivity contribution in [1.29, 1.82) is 0 Å². The Bertz CT molecular complexity index is 430. The van der Waals surface area contributed by atoms with Crippen LogP contribution >= 0.6 is 0 Å². The van der Waals surface area contributed by atoms with Gasteiger partial charge in [0.15, 0.2) is 11.5 Å². The highest BCUT2D eigenvalue weighted by Crippen LogP contribution is 2.38. The molecule has 1 N–H and O–H groups in total. The summed E-state index contributed by atoms with van der Waals surface area (Å²) in [5.41, 5.74) is 0.669. The summed E-state index contributed by atoms with van der Waals surface area (Å²) < 4.78 is 10.6. The molecule has 1 aliphatic heterocycles. The molecule has 0 aromatic heterocycles. The van der Waals surface area contributed by atoms with Gasteiger partial charge in [0.1, 0.15) is 0 Å². The van der Waals surface area contributed by atoms with Gasteiger partial charge in [0.05, 0.1) is 12.2 Å². The molecule has 5 nitrogen and oxygen atoms in total. The Hall–Kier alpha value is -1.75. The van der Waals surface area contributed by atoms with Crippen molar-refractivity contribution >= 4 is 11.6 Å². The predicted molar refractivity (Wildman–Crippen MR) is 69.0 cm³/mol. The summed E-state index contributed by atoms with van der Waals surface area (Å²) >= 11 is 0. The summed E-state index contributed by atoms with van der Waals surface area (Å²) in [4.78, 5) is 13.9. The van der Waals surface area contributed by atoms with Crippen molar-refractivity contribution in [2.45, 2.75) is 13.8 Å². The van der Waals surface area contributed by atoms with E-state index in [1.54, 1.807) is 0 Å². The van der Waals surface area contributed by atoms with Crippen LogP contribution in [0.5, 0.6) is 11.5 Å². The lowest BCUT2D eigenvalue weighted by Crippen LogP contribution is -2.32. The van der Waals surface area contributed by atoms with E-state index in [1.807, 2.05) is 32.0 Å². The number of hydrogen-bond acceptors (Lipinski definition) is 4. The zero-order chi connectivity index (χ0) is 13.0. The van der Waals surface area contributed by atoms with Crippen LogP contribution in [-0.4, -0.2) is 37.2 Å². The number of nitrogens with zero attached hydrogens (tertiary/aromatic N) is 1. The molecule has 1 aliphatic rings. The molecule has 0 fully saturated rings. The van der Waals surface area contributed by atoms with Crippen molar-refractivity contribution in [3.63, 3.8) is 0 Å². The second-order valence-electron chi connectivity index (χ2n) is 4.05. The first-order valence-corrected chi connectivity index (χ1v) is 6.15. The molecule has 0 atom stereocenters. The van der Waals surface area contributed by atoms with Gasteiger partial charge in [-0.2, -0.15) is 0 Å². The third-order valence-corrected chi connectivity index (χ3v) is 2.93. The number of ether oxygens (including phenoxy) is 2. The van der Waals surface area contributed by atoms with Gasteiger partial charge in [0.25, 0.3) is 0 Å². The lowest BCUT2D eigenvalue weighted by molar-refractivity contribution is -0.117. The van der Waals surface area contributed by atoms with Gasteiger partial charge in [-0.3, -0.25) is 9.69 Å². The molecule has 1 heterocycles. The number of fused-ring (bicyclic) bond motifs is 1.